The van der Waals surface area contributed by atoms with Crippen LogP contribution in [0.4, 0.5) is 11.4 Å². The first-order valence-corrected chi connectivity index (χ1v) is 7.89. The predicted molar refractivity (Wildman–Crippen MR) is 99.5 cm³/mol. The number of aliphatic imine (C=N–C) groups is 1. The van der Waals surface area contributed by atoms with Crippen LogP contribution in [0.1, 0.15) is 27.2 Å². The molecule has 0 amide bonds. The lowest BCUT2D eigenvalue weighted by Crippen LogP contribution is -2.20. The molecule has 0 atom stereocenters. The Hall–Kier alpha value is -1.68. The van der Waals surface area contributed by atoms with Crippen molar-refractivity contribution in [3.63, 3.8) is 0 Å². The van der Waals surface area contributed by atoms with E-state index in [1.165, 1.54) is 0 Å². The fraction of sp³-hybridized carbons (Fsp3) is 0.389. The van der Waals surface area contributed by atoms with Crippen LogP contribution < -0.4 is 10.6 Å². The average molecular weight is 315 g/mol. The molecule has 3 nitrogen and oxygen atoms in total. The summed E-state index contributed by atoms with van der Waals surface area (Å²) in [5.74, 6) is 0. The Balaban J connectivity index is 2.37. The zero-order chi connectivity index (χ0) is 16.5. The van der Waals surface area contributed by atoms with Crippen molar-refractivity contribution in [2.24, 2.45) is 16.1 Å². The highest BCUT2D eigenvalue weighted by molar-refractivity contribution is 7.80. The van der Waals surface area contributed by atoms with Crippen LogP contribution in [0.15, 0.2) is 51.5 Å². The molecule has 0 saturated heterocycles. The molecule has 118 valence electrons. The van der Waals surface area contributed by atoms with Gasteiger partial charge in [-0.2, -0.15) is 0 Å². The van der Waals surface area contributed by atoms with Gasteiger partial charge in [0.2, 0.25) is 0 Å². The molecule has 4 heteroatoms. The second-order valence-electron chi connectivity index (χ2n) is 6.84. The summed E-state index contributed by atoms with van der Waals surface area (Å²) < 4.78 is 0. The van der Waals surface area contributed by atoms with E-state index in [4.69, 9.17) is 10.7 Å². The van der Waals surface area contributed by atoms with Crippen LogP contribution in [0.25, 0.3) is 0 Å². The highest BCUT2D eigenvalue weighted by Crippen LogP contribution is 2.33. The van der Waals surface area contributed by atoms with Crippen molar-refractivity contribution < 1.29 is 0 Å². The van der Waals surface area contributed by atoms with Gasteiger partial charge < -0.3 is 10.6 Å². The maximum atomic E-state index is 6.12. The minimum Gasteiger partial charge on any atom is -0.399 e. The van der Waals surface area contributed by atoms with Crippen LogP contribution in [0.2, 0.25) is 0 Å². The molecule has 22 heavy (non-hydrogen) atoms. The molecular weight excluding hydrogens is 290 g/mol. The number of benzene rings is 1. The summed E-state index contributed by atoms with van der Waals surface area (Å²) in [6.45, 7) is 6.50. The van der Waals surface area contributed by atoms with Crippen molar-refractivity contribution in [2.75, 3.05) is 19.0 Å². The van der Waals surface area contributed by atoms with E-state index in [1.54, 1.807) is 0 Å². The van der Waals surface area contributed by atoms with Crippen LogP contribution >= 0.6 is 12.6 Å². The van der Waals surface area contributed by atoms with Gasteiger partial charge in [0.15, 0.2) is 0 Å². The van der Waals surface area contributed by atoms with Crippen molar-refractivity contribution >= 4 is 29.7 Å². The lowest BCUT2D eigenvalue weighted by Gasteiger charge is -2.26. The standard InChI is InChI=1S/C18H25N3S/c1-18(2,3)14-10-12(6-8-15(14)19)20-16-9-7-13(21(4)5)11-17(16)22/h7-11,22H,6,19H2,1-5H3. The van der Waals surface area contributed by atoms with Gasteiger partial charge in [-0.1, -0.05) is 26.8 Å². The first kappa shape index (κ1) is 16.7. The van der Waals surface area contributed by atoms with Gasteiger partial charge in [-0.3, -0.25) is 4.99 Å². The van der Waals surface area contributed by atoms with Gasteiger partial charge >= 0.3 is 0 Å². The number of nitrogens with two attached hydrogens (primary N) is 1. The Kier molecular flexibility index (Phi) is 4.71. The molecule has 0 bridgehead atoms. The number of allylic oxidation sites excluding steroid dienone is 3. The van der Waals surface area contributed by atoms with E-state index in [0.29, 0.717) is 0 Å². The van der Waals surface area contributed by atoms with Crippen molar-refractivity contribution in [3.8, 4) is 0 Å². The summed E-state index contributed by atoms with van der Waals surface area (Å²) in [6.07, 6.45) is 4.92. The number of anilines is 1. The monoisotopic (exact) mass is 315 g/mol. The van der Waals surface area contributed by atoms with Crippen LogP contribution in [0.5, 0.6) is 0 Å². The predicted octanol–water partition coefficient (Wildman–Crippen LogP) is 4.33. The quantitative estimate of drug-likeness (QED) is 0.798. The van der Waals surface area contributed by atoms with E-state index in [-0.39, 0.29) is 5.41 Å². The Morgan fingerprint density at radius 3 is 2.45 bits per heavy atom. The zero-order valence-electron chi connectivity index (χ0n) is 14.0. The van der Waals surface area contributed by atoms with Gasteiger partial charge in [0.1, 0.15) is 0 Å². The Labute approximate surface area is 139 Å². The van der Waals surface area contributed by atoms with E-state index in [0.717, 1.165) is 39.7 Å². The van der Waals surface area contributed by atoms with Crippen molar-refractivity contribution in [2.45, 2.75) is 32.1 Å². The molecule has 0 unspecified atom stereocenters. The molecule has 1 aromatic rings. The first-order chi connectivity index (χ1) is 10.2. The smallest absolute Gasteiger partial charge is 0.0767 e. The lowest BCUT2D eigenvalue weighted by atomic mass is 9.81. The molecule has 1 aliphatic rings. The number of hydrogen-bond acceptors (Lipinski definition) is 4. The minimum absolute atomic E-state index is 0.0142. The molecule has 0 aromatic heterocycles. The van der Waals surface area contributed by atoms with Gasteiger partial charge in [-0.25, -0.2) is 0 Å². The number of nitrogens with zero attached hydrogens (tertiary/aromatic N) is 2. The van der Waals surface area contributed by atoms with Gasteiger partial charge in [0.25, 0.3) is 0 Å². The fourth-order valence-electron chi connectivity index (χ4n) is 2.40. The second kappa shape index (κ2) is 6.21. The molecule has 1 aromatic carbocycles. The largest absolute Gasteiger partial charge is 0.399 e. The first-order valence-electron chi connectivity index (χ1n) is 7.44. The van der Waals surface area contributed by atoms with Gasteiger partial charge in [0, 0.05) is 42.5 Å². The molecule has 0 spiro atoms. The van der Waals surface area contributed by atoms with Crippen molar-refractivity contribution in [3.05, 3.63) is 41.6 Å². The van der Waals surface area contributed by atoms with Gasteiger partial charge in [-0.05, 0) is 35.3 Å². The second-order valence-corrected chi connectivity index (χ2v) is 7.32. The van der Waals surface area contributed by atoms with E-state index >= 15 is 0 Å². The molecule has 0 fully saturated rings. The zero-order valence-corrected chi connectivity index (χ0v) is 14.9. The van der Waals surface area contributed by atoms with Crippen molar-refractivity contribution in [1.29, 1.82) is 0 Å². The van der Waals surface area contributed by atoms with Crippen LogP contribution in [-0.2, 0) is 0 Å². The maximum absolute atomic E-state index is 6.12. The van der Waals surface area contributed by atoms with Gasteiger partial charge in [0.05, 0.1) is 5.69 Å². The topological polar surface area (TPSA) is 41.6 Å². The summed E-state index contributed by atoms with van der Waals surface area (Å²) in [7, 11) is 4.03. The summed E-state index contributed by atoms with van der Waals surface area (Å²) in [5, 5.41) is 0. The number of hydrogen-bond donors (Lipinski definition) is 2. The Morgan fingerprint density at radius 1 is 1.23 bits per heavy atom. The third kappa shape index (κ3) is 3.74. The van der Waals surface area contributed by atoms with E-state index in [1.807, 2.05) is 32.3 Å². The Bertz CT molecular complexity index is 661. The SMILES string of the molecule is CN(C)c1ccc(N=C2C=C(C(C)(C)C)C(N)=CC2)c(S)c1. The molecular formula is C18H25N3S. The Morgan fingerprint density at radius 2 is 1.91 bits per heavy atom. The lowest BCUT2D eigenvalue weighted by molar-refractivity contribution is 0.508. The molecule has 0 aliphatic heterocycles. The highest BCUT2D eigenvalue weighted by atomic mass is 32.1. The van der Waals surface area contributed by atoms with Crippen LogP contribution in [0, 0.1) is 5.41 Å². The van der Waals surface area contributed by atoms with Gasteiger partial charge in [-0.15, -0.1) is 12.6 Å². The molecule has 0 heterocycles. The molecule has 2 rings (SSSR count). The fourth-order valence-corrected chi connectivity index (χ4v) is 2.66. The molecule has 0 radical (unpaired) electrons. The minimum atomic E-state index is 0.0142. The van der Waals surface area contributed by atoms with Crippen LogP contribution in [-0.4, -0.2) is 19.8 Å². The summed E-state index contributed by atoms with van der Waals surface area (Å²) >= 11 is 4.56. The number of thiol groups is 1. The van der Waals surface area contributed by atoms with E-state index in [2.05, 4.69) is 50.4 Å². The third-order valence-electron chi connectivity index (χ3n) is 3.70. The third-order valence-corrected chi connectivity index (χ3v) is 4.06. The normalized spacial score (nSPS) is 17.3. The van der Waals surface area contributed by atoms with E-state index in [9.17, 15) is 0 Å². The average Bonchev–Trinajstić information content (AvgIpc) is 2.41. The molecule has 2 N–H and O–H groups in total. The summed E-state index contributed by atoms with van der Waals surface area (Å²) in [4.78, 5) is 7.70. The number of rotatable bonds is 2. The summed E-state index contributed by atoms with van der Waals surface area (Å²) in [5.41, 5.74) is 11.2. The molecule has 0 saturated carbocycles. The summed E-state index contributed by atoms with van der Waals surface area (Å²) in [6, 6.07) is 6.10. The van der Waals surface area contributed by atoms with Crippen molar-refractivity contribution in [1.82, 2.24) is 0 Å². The maximum Gasteiger partial charge on any atom is 0.0767 e. The van der Waals surface area contributed by atoms with E-state index < -0.39 is 0 Å². The van der Waals surface area contributed by atoms with Crippen LogP contribution in [0.3, 0.4) is 0 Å². The highest BCUT2D eigenvalue weighted by Gasteiger charge is 2.22. The molecule has 1 aliphatic carbocycles.